The van der Waals surface area contributed by atoms with Crippen molar-refractivity contribution in [3.05, 3.63) is 34.4 Å². The highest BCUT2D eigenvalue weighted by molar-refractivity contribution is 7.98. The lowest BCUT2D eigenvalue weighted by Gasteiger charge is -2.18. The minimum Gasteiger partial charge on any atom is -0.269 e. The number of benzene rings is 1. The molecule has 1 aromatic carbocycles. The van der Waals surface area contributed by atoms with Crippen molar-refractivity contribution in [3.63, 3.8) is 0 Å². The Morgan fingerprint density at radius 1 is 1.10 bits per heavy atom. The van der Waals surface area contributed by atoms with Gasteiger partial charge in [-0.05, 0) is 50.1 Å². The van der Waals surface area contributed by atoms with E-state index in [1.165, 1.54) is 16.7 Å². The smallest absolute Gasteiger partial charge is 0.261 e. The predicted octanol–water partition coefficient (Wildman–Crippen LogP) is 3.81. The number of hydrogen-bond acceptors (Lipinski definition) is 3. The van der Waals surface area contributed by atoms with E-state index in [0.29, 0.717) is 21.9 Å². The zero-order valence-corrected chi connectivity index (χ0v) is 12.7. The van der Waals surface area contributed by atoms with Crippen molar-refractivity contribution in [2.24, 2.45) is 0 Å². The van der Waals surface area contributed by atoms with E-state index >= 15 is 0 Å². The molecule has 0 saturated carbocycles. The second-order valence-corrected chi connectivity index (χ2v) is 6.21. The van der Waals surface area contributed by atoms with E-state index in [-0.39, 0.29) is 11.8 Å². The molecule has 0 saturated heterocycles. The third-order valence-electron chi connectivity index (χ3n) is 3.77. The van der Waals surface area contributed by atoms with Crippen molar-refractivity contribution in [1.82, 2.24) is 0 Å². The normalized spacial score (nSPS) is 18.8. The molecule has 1 heterocycles. The minimum atomic E-state index is -0.151. The summed E-state index contributed by atoms with van der Waals surface area (Å²) >= 11 is 7.47. The van der Waals surface area contributed by atoms with Crippen molar-refractivity contribution in [3.8, 4) is 0 Å². The summed E-state index contributed by atoms with van der Waals surface area (Å²) in [6.45, 7) is 0. The van der Waals surface area contributed by atoms with Gasteiger partial charge in [-0.25, -0.2) is 4.90 Å². The minimum absolute atomic E-state index is 0.151. The maximum absolute atomic E-state index is 12.5. The molecule has 0 unspecified atom stereocenters. The summed E-state index contributed by atoms with van der Waals surface area (Å²) in [4.78, 5) is 27.2. The lowest BCUT2D eigenvalue weighted by Crippen LogP contribution is -2.31. The van der Waals surface area contributed by atoms with Crippen molar-refractivity contribution in [1.29, 1.82) is 0 Å². The molecule has 5 heteroatoms. The van der Waals surface area contributed by atoms with Crippen LogP contribution in [0.1, 0.15) is 25.7 Å². The fraction of sp³-hybridized carbons (Fsp3) is 0.333. The largest absolute Gasteiger partial charge is 0.269 e. The standard InChI is InChI=1S/C15H14ClNO2S/c1-20-13-8-9(16)6-7-12(13)17-14(18)10-4-2-3-5-11(10)15(17)19/h6-8H,2-5H2,1H3. The average molecular weight is 308 g/mol. The van der Waals surface area contributed by atoms with Crippen molar-refractivity contribution < 1.29 is 9.59 Å². The van der Waals surface area contributed by atoms with Gasteiger partial charge in [-0.1, -0.05) is 11.6 Å². The molecule has 1 aliphatic heterocycles. The monoisotopic (exact) mass is 307 g/mol. The first-order valence-corrected chi connectivity index (χ1v) is 8.18. The number of nitrogens with zero attached hydrogens (tertiary/aromatic N) is 1. The summed E-state index contributed by atoms with van der Waals surface area (Å²) in [7, 11) is 0. The van der Waals surface area contributed by atoms with Crippen LogP contribution in [0.15, 0.2) is 34.2 Å². The van der Waals surface area contributed by atoms with E-state index in [0.717, 1.165) is 30.6 Å². The lowest BCUT2D eigenvalue weighted by molar-refractivity contribution is -0.120. The molecule has 2 aliphatic rings. The highest BCUT2D eigenvalue weighted by atomic mass is 35.5. The fourth-order valence-electron chi connectivity index (χ4n) is 2.79. The highest BCUT2D eigenvalue weighted by Gasteiger charge is 2.40. The molecular formula is C15H14ClNO2S. The molecule has 1 aliphatic carbocycles. The number of amides is 2. The van der Waals surface area contributed by atoms with Gasteiger partial charge in [0.2, 0.25) is 0 Å². The van der Waals surface area contributed by atoms with E-state index < -0.39 is 0 Å². The summed E-state index contributed by atoms with van der Waals surface area (Å²) < 4.78 is 0. The number of rotatable bonds is 2. The number of halogens is 1. The van der Waals surface area contributed by atoms with Gasteiger partial charge >= 0.3 is 0 Å². The van der Waals surface area contributed by atoms with Gasteiger partial charge in [-0.3, -0.25) is 9.59 Å². The highest BCUT2D eigenvalue weighted by Crippen LogP contribution is 2.39. The molecule has 104 valence electrons. The third-order valence-corrected chi connectivity index (χ3v) is 4.77. The summed E-state index contributed by atoms with van der Waals surface area (Å²) in [6, 6.07) is 5.26. The molecule has 1 aromatic rings. The molecule has 0 N–H and O–H groups in total. The van der Waals surface area contributed by atoms with E-state index in [4.69, 9.17) is 11.6 Å². The maximum atomic E-state index is 12.5. The van der Waals surface area contributed by atoms with Crippen LogP contribution in [-0.2, 0) is 9.59 Å². The maximum Gasteiger partial charge on any atom is 0.261 e. The Labute approximate surface area is 127 Å². The van der Waals surface area contributed by atoms with Gasteiger partial charge in [0.15, 0.2) is 0 Å². The van der Waals surface area contributed by atoms with Gasteiger partial charge in [0.1, 0.15) is 0 Å². The van der Waals surface area contributed by atoms with Crippen LogP contribution in [0.3, 0.4) is 0 Å². The molecule has 0 atom stereocenters. The van der Waals surface area contributed by atoms with Gasteiger partial charge < -0.3 is 0 Å². The number of carbonyl (C=O) groups excluding carboxylic acids is 2. The first kappa shape index (κ1) is 13.7. The first-order chi connectivity index (χ1) is 9.63. The zero-order valence-electron chi connectivity index (χ0n) is 11.1. The molecule has 3 nitrogen and oxygen atoms in total. The second kappa shape index (κ2) is 5.26. The molecule has 0 aromatic heterocycles. The molecule has 0 fully saturated rings. The third kappa shape index (κ3) is 2.07. The number of imide groups is 1. The Kier molecular flexibility index (Phi) is 3.61. The van der Waals surface area contributed by atoms with Crippen LogP contribution in [-0.4, -0.2) is 18.1 Å². The van der Waals surface area contributed by atoms with Crippen LogP contribution in [0.4, 0.5) is 5.69 Å². The van der Waals surface area contributed by atoms with Crippen molar-refractivity contribution >= 4 is 40.9 Å². The van der Waals surface area contributed by atoms with Gasteiger partial charge in [0.25, 0.3) is 11.8 Å². The Morgan fingerprint density at radius 3 is 2.25 bits per heavy atom. The zero-order chi connectivity index (χ0) is 14.3. The fourth-order valence-corrected chi connectivity index (χ4v) is 3.64. The molecule has 2 amide bonds. The molecule has 0 spiro atoms. The molecule has 0 radical (unpaired) electrons. The van der Waals surface area contributed by atoms with E-state index in [1.54, 1.807) is 18.2 Å². The SMILES string of the molecule is CSc1cc(Cl)ccc1N1C(=O)C2=C(CCCC2)C1=O. The topological polar surface area (TPSA) is 37.4 Å². The van der Waals surface area contributed by atoms with Gasteiger partial charge in [0.05, 0.1) is 5.69 Å². The van der Waals surface area contributed by atoms with Crippen LogP contribution in [0, 0.1) is 0 Å². The summed E-state index contributed by atoms with van der Waals surface area (Å²) in [6.07, 6.45) is 5.33. The molecule has 3 rings (SSSR count). The van der Waals surface area contributed by atoms with Crippen LogP contribution < -0.4 is 4.90 Å². The second-order valence-electron chi connectivity index (χ2n) is 4.93. The quantitative estimate of drug-likeness (QED) is 0.616. The van der Waals surface area contributed by atoms with Crippen LogP contribution >= 0.6 is 23.4 Å². The van der Waals surface area contributed by atoms with Crippen LogP contribution in [0.5, 0.6) is 0 Å². The molecule has 0 bridgehead atoms. The Balaban J connectivity index is 2.05. The lowest BCUT2D eigenvalue weighted by atomic mass is 9.93. The molecule has 20 heavy (non-hydrogen) atoms. The Morgan fingerprint density at radius 2 is 1.70 bits per heavy atom. The summed E-state index contributed by atoms with van der Waals surface area (Å²) in [5, 5.41) is 0.606. The van der Waals surface area contributed by atoms with Gasteiger partial charge in [0, 0.05) is 21.1 Å². The molecular weight excluding hydrogens is 294 g/mol. The number of anilines is 1. The van der Waals surface area contributed by atoms with Crippen LogP contribution in [0.2, 0.25) is 5.02 Å². The van der Waals surface area contributed by atoms with Crippen molar-refractivity contribution in [2.75, 3.05) is 11.2 Å². The van der Waals surface area contributed by atoms with Crippen LogP contribution in [0.25, 0.3) is 0 Å². The van der Waals surface area contributed by atoms with E-state index in [2.05, 4.69) is 0 Å². The Bertz CT molecular complexity index is 611. The summed E-state index contributed by atoms with van der Waals surface area (Å²) in [5.74, 6) is -0.301. The van der Waals surface area contributed by atoms with Crippen molar-refractivity contribution in [2.45, 2.75) is 30.6 Å². The van der Waals surface area contributed by atoms with Gasteiger partial charge in [-0.15, -0.1) is 11.8 Å². The summed E-state index contributed by atoms with van der Waals surface area (Å²) in [5.41, 5.74) is 2.07. The number of carbonyl (C=O) groups is 2. The first-order valence-electron chi connectivity index (χ1n) is 6.58. The number of hydrogen-bond donors (Lipinski definition) is 0. The Hall–Kier alpha value is -1.26. The number of thioether (sulfide) groups is 1. The predicted molar refractivity (Wildman–Crippen MR) is 81.2 cm³/mol. The van der Waals surface area contributed by atoms with Gasteiger partial charge in [-0.2, -0.15) is 0 Å². The average Bonchev–Trinajstić information content (AvgIpc) is 2.72. The van der Waals surface area contributed by atoms with E-state index in [9.17, 15) is 9.59 Å². The van der Waals surface area contributed by atoms with E-state index in [1.807, 2.05) is 6.26 Å².